The molecule has 18 heteroatoms. The smallest absolute Gasteiger partial charge is 0.255 e. The number of nitrogens with two attached hydrogens (primary N) is 1. The summed E-state index contributed by atoms with van der Waals surface area (Å²) in [5, 5.41) is 23.7. The maximum Gasteiger partial charge on any atom is 0.255 e. The van der Waals surface area contributed by atoms with Gasteiger partial charge in [-0.05, 0) is 119 Å². The molecule has 0 saturated carbocycles. The molecule has 2 atom stereocenters. The first-order chi connectivity index (χ1) is 33.0. The lowest BCUT2D eigenvalue weighted by Crippen LogP contribution is -2.56. The Balaban J connectivity index is 0.760. The van der Waals surface area contributed by atoms with Gasteiger partial charge in [-0.25, -0.2) is 4.99 Å². The quantitative estimate of drug-likeness (QED) is 0.0242. The summed E-state index contributed by atoms with van der Waals surface area (Å²) in [5.41, 5.74) is 10.2. The second kappa shape index (κ2) is 23.6. The summed E-state index contributed by atoms with van der Waals surface area (Å²) in [6.07, 6.45) is 8.64. The molecule has 3 aliphatic rings. The zero-order valence-corrected chi connectivity index (χ0v) is 38.3. The van der Waals surface area contributed by atoms with Crippen LogP contribution in [0.25, 0.3) is 0 Å². The summed E-state index contributed by atoms with van der Waals surface area (Å²) in [6, 6.07) is 22.5. The van der Waals surface area contributed by atoms with Gasteiger partial charge >= 0.3 is 0 Å². The molecule has 0 spiro atoms. The molecule has 3 aromatic carbocycles. The molecule has 358 valence electrons. The number of amides is 5. The third-order valence-corrected chi connectivity index (χ3v) is 12.3. The number of carbonyl (C=O) groups is 5. The number of nitrogens with one attached hydrogen (secondary N) is 6. The van der Waals surface area contributed by atoms with Crippen LogP contribution in [0.5, 0.6) is 5.75 Å². The summed E-state index contributed by atoms with van der Waals surface area (Å²) >= 11 is 0. The number of benzene rings is 3. The van der Waals surface area contributed by atoms with Crippen LogP contribution in [-0.2, 0) is 30.4 Å². The number of aromatic nitrogens is 1. The third kappa shape index (κ3) is 12.9. The number of rotatable bonds is 22. The van der Waals surface area contributed by atoms with E-state index in [1.165, 1.54) is 4.90 Å². The van der Waals surface area contributed by atoms with Gasteiger partial charge in [-0.3, -0.25) is 39.7 Å². The van der Waals surface area contributed by atoms with Crippen molar-refractivity contribution in [1.29, 1.82) is 5.41 Å². The molecule has 1 aromatic heterocycles. The molecule has 2 fully saturated rings. The number of imide groups is 1. The maximum absolute atomic E-state index is 13.5. The number of anilines is 2. The van der Waals surface area contributed by atoms with Gasteiger partial charge in [0.1, 0.15) is 24.2 Å². The van der Waals surface area contributed by atoms with Crippen LogP contribution >= 0.6 is 0 Å². The van der Waals surface area contributed by atoms with Crippen molar-refractivity contribution in [1.82, 2.24) is 25.8 Å². The minimum Gasteiger partial charge on any atom is -0.494 e. The van der Waals surface area contributed by atoms with Gasteiger partial charge in [0.2, 0.25) is 17.7 Å². The largest absolute Gasteiger partial charge is 0.494 e. The van der Waals surface area contributed by atoms with E-state index in [0.717, 1.165) is 55.8 Å². The van der Waals surface area contributed by atoms with Gasteiger partial charge in [-0.15, -0.1) is 0 Å². The third-order valence-electron chi connectivity index (χ3n) is 12.3. The van der Waals surface area contributed by atoms with Crippen molar-refractivity contribution >= 4 is 52.6 Å². The van der Waals surface area contributed by atoms with Crippen LogP contribution in [0, 0.1) is 5.41 Å². The average molecular weight is 929 g/mol. The summed E-state index contributed by atoms with van der Waals surface area (Å²) < 4.78 is 17.3. The highest BCUT2D eigenvalue weighted by molar-refractivity contribution is 6.08. The van der Waals surface area contributed by atoms with Crippen molar-refractivity contribution in [3.63, 3.8) is 0 Å². The number of aliphatic imine (C=N–C) groups is 1. The Morgan fingerprint density at radius 3 is 2.46 bits per heavy atom. The monoisotopic (exact) mass is 928 g/mol. The first kappa shape index (κ1) is 48.9. The van der Waals surface area contributed by atoms with Crippen LogP contribution < -0.4 is 37.1 Å². The van der Waals surface area contributed by atoms with Gasteiger partial charge in [0.05, 0.1) is 31.4 Å². The maximum atomic E-state index is 13.5. The number of nitrogens with zero attached hydrogens (tertiary/aromatic N) is 3. The number of hydrogen-bond acceptors (Lipinski definition) is 12. The van der Waals surface area contributed by atoms with E-state index in [4.69, 9.17) is 25.4 Å². The number of piperidine rings is 2. The first-order valence-electron chi connectivity index (χ1n) is 23.2. The lowest BCUT2D eigenvalue weighted by Gasteiger charge is -2.38. The molecular formula is C50H60N10O8. The van der Waals surface area contributed by atoms with Gasteiger partial charge in [-0.2, -0.15) is 0 Å². The molecule has 7 rings (SSSR count). The number of carbonyl (C=O) groups excluding carboxylic acids is 5. The van der Waals surface area contributed by atoms with Crippen molar-refractivity contribution in [2.75, 3.05) is 56.8 Å². The van der Waals surface area contributed by atoms with E-state index >= 15 is 0 Å². The molecule has 18 nitrogen and oxygen atoms in total. The van der Waals surface area contributed by atoms with Gasteiger partial charge in [0, 0.05) is 65.6 Å². The number of amidine groups is 2. The highest BCUT2D eigenvalue weighted by atomic mass is 16.5. The topological polar surface area (TPSA) is 252 Å². The predicted octanol–water partition coefficient (Wildman–Crippen LogP) is 4.86. The number of ether oxygens (including phenoxy) is 3. The number of fused-ring (bicyclic) bond motifs is 1. The number of hydrogen-bond donors (Lipinski definition) is 7. The Labute approximate surface area is 395 Å². The van der Waals surface area contributed by atoms with Crippen molar-refractivity contribution in [3.8, 4) is 5.75 Å². The van der Waals surface area contributed by atoms with Gasteiger partial charge in [0.25, 0.3) is 11.8 Å². The fourth-order valence-electron chi connectivity index (χ4n) is 8.48. The fourth-order valence-corrected chi connectivity index (χ4v) is 8.48. The summed E-state index contributed by atoms with van der Waals surface area (Å²) in [4.78, 5) is 73.2. The minimum absolute atomic E-state index is 0.0588. The molecule has 3 aliphatic heterocycles. The van der Waals surface area contributed by atoms with Gasteiger partial charge < -0.3 is 46.1 Å². The van der Waals surface area contributed by atoms with Crippen LogP contribution in [0.4, 0.5) is 11.4 Å². The van der Waals surface area contributed by atoms with Crippen LogP contribution in [0.1, 0.15) is 102 Å². The number of unbranched alkanes of at least 4 members (excludes halogenated alkanes) is 3. The minimum atomic E-state index is -0.736. The average Bonchev–Trinajstić information content (AvgIpc) is 3.68. The van der Waals surface area contributed by atoms with Crippen LogP contribution in [0.3, 0.4) is 0 Å². The van der Waals surface area contributed by atoms with E-state index in [0.29, 0.717) is 66.4 Å². The van der Waals surface area contributed by atoms with E-state index in [1.54, 1.807) is 48.8 Å². The molecule has 5 amide bonds. The van der Waals surface area contributed by atoms with Crippen molar-refractivity contribution < 1.29 is 38.2 Å². The van der Waals surface area contributed by atoms with E-state index in [-0.39, 0.29) is 68.1 Å². The predicted molar refractivity (Wildman–Crippen MR) is 257 cm³/mol. The highest BCUT2D eigenvalue weighted by Crippen LogP contribution is 2.33. The van der Waals surface area contributed by atoms with Crippen LogP contribution in [-0.4, -0.2) is 109 Å². The first-order valence-corrected chi connectivity index (χ1v) is 23.2. The molecule has 0 radical (unpaired) electrons. The lowest BCUT2D eigenvalue weighted by molar-refractivity contribution is -0.137. The molecule has 68 heavy (non-hydrogen) atoms. The van der Waals surface area contributed by atoms with E-state index in [1.807, 2.05) is 49.4 Å². The Morgan fingerprint density at radius 1 is 0.912 bits per heavy atom. The molecule has 2 saturated heterocycles. The summed E-state index contributed by atoms with van der Waals surface area (Å²) in [5.74, 6) is -0.629. The second-order valence-electron chi connectivity index (χ2n) is 17.1. The molecule has 0 bridgehead atoms. The van der Waals surface area contributed by atoms with E-state index < -0.39 is 17.5 Å². The Hall–Kier alpha value is -7.02. The van der Waals surface area contributed by atoms with Gasteiger partial charge in [-0.1, -0.05) is 30.7 Å². The van der Waals surface area contributed by atoms with Crippen molar-refractivity contribution in [2.24, 2.45) is 10.7 Å². The van der Waals surface area contributed by atoms with E-state index in [9.17, 15) is 24.0 Å². The standard InChI is InChI=1S/C50H60N10O8/c1-33(55-46(63)36-10-6-11-37(29-36)59-50(19-23-54-24-20-50)49(52)58-45(51)34-17-21-53-22-18-34)35-9-7-12-38(30-35)68-26-5-3-2-4-25-66-27-28-67-32-44(62)56-41-14-8-13-39-40(41)31-60(48(39)65)42-15-16-43(61)57-47(42)64/h6-14,17-18,21-22,29-30,33,42,54,59H,2-5,15-16,19-20,23-28,31-32H2,1H3,(H,55,63)(H,56,62)(H3,51,52,58)(H,57,61,64)/t33-,42?/m1/s1. The molecule has 4 heterocycles. The van der Waals surface area contributed by atoms with Crippen LogP contribution in [0.15, 0.2) is 96.2 Å². The normalized spacial score (nSPS) is 17.2. The van der Waals surface area contributed by atoms with Crippen LogP contribution in [0.2, 0.25) is 0 Å². The van der Waals surface area contributed by atoms with E-state index in [2.05, 4.69) is 36.6 Å². The van der Waals surface area contributed by atoms with Crippen molar-refractivity contribution in [3.05, 3.63) is 119 Å². The lowest BCUT2D eigenvalue weighted by atomic mass is 9.86. The van der Waals surface area contributed by atoms with Crippen molar-refractivity contribution in [2.45, 2.75) is 82.5 Å². The molecular weight excluding hydrogens is 869 g/mol. The molecule has 1 unspecified atom stereocenters. The summed E-state index contributed by atoms with van der Waals surface area (Å²) in [6.45, 7) is 5.07. The molecule has 0 aliphatic carbocycles. The molecule has 4 aromatic rings. The fraction of sp³-hybridized carbons (Fsp3) is 0.400. The highest BCUT2D eigenvalue weighted by Gasteiger charge is 2.40. The second-order valence-corrected chi connectivity index (χ2v) is 17.1. The Kier molecular flexibility index (Phi) is 17.0. The molecule has 8 N–H and O–H groups in total. The zero-order chi connectivity index (χ0) is 47.9. The SMILES string of the molecule is C[C@@H](NC(=O)c1cccc(NC2(C(N)=NC(=N)c3ccncc3)CCNCC2)c1)c1cccc(OCCCCCCOCCOCC(=O)Nc2cccc3c2CN(C2CCC(=O)NC2=O)C3=O)c1. The zero-order valence-electron chi connectivity index (χ0n) is 38.3. The Morgan fingerprint density at radius 2 is 1.66 bits per heavy atom. The summed E-state index contributed by atoms with van der Waals surface area (Å²) in [7, 11) is 0. The number of pyridine rings is 1. The Bertz CT molecular complexity index is 2480. The van der Waals surface area contributed by atoms with Gasteiger partial charge in [0.15, 0.2) is 5.84 Å².